The maximum atomic E-state index is 10.6. The number of hydrogen-bond donors (Lipinski definition) is 2. The fraction of sp³-hybridized carbons (Fsp3) is 0.857. The number of unbranched alkanes of at least 4 members (excludes halogenated alkanes) is 1. The lowest BCUT2D eigenvalue weighted by molar-refractivity contribution is -0.118. The lowest BCUT2D eigenvalue weighted by Gasteiger charge is -2.02. The number of amides is 1. The van der Waals surface area contributed by atoms with E-state index in [0.717, 1.165) is 19.1 Å². The van der Waals surface area contributed by atoms with Crippen LogP contribution in [0.2, 0.25) is 0 Å². The van der Waals surface area contributed by atoms with Gasteiger partial charge in [-0.15, -0.1) is 0 Å². The Labute approximate surface area is 79.0 Å². The molecule has 0 aliphatic heterocycles. The van der Waals surface area contributed by atoms with Crippen molar-refractivity contribution < 1.29 is 13.2 Å². The first-order chi connectivity index (χ1) is 5.92. The molecule has 0 saturated heterocycles. The van der Waals surface area contributed by atoms with Crippen molar-refractivity contribution in [3.05, 3.63) is 0 Å². The molecule has 0 aliphatic rings. The number of nitrogens with one attached hydrogen (secondary N) is 2. The van der Waals surface area contributed by atoms with Gasteiger partial charge in [0.25, 0.3) is 0 Å². The minimum Gasteiger partial charge on any atom is -0.356 e. The summed E-state index contributed by atoms with van der Waals surface area (Å²) in [4.78, 5) is 10.4. The van der Waals surface area contributed by atoms with Crippen molar-refractivity contribution in [2.75, 3.05) is 19.3 Å². The molecule has 0 aromatic carbocycles. The van der Waals surface area contributed by atoms with Crippen LogP contribution >= 0.6 is 0 Å². The Hall–Kier alpha value is -0.620. The highest BCUT2D eigenvalue weighted by molar-refractivity contribution is 7.88. The van der Waals surface area contributed by atoms with E-state index in [0.29, 0.717) is 13.1 Å². The van der Waals surface area contributed by atoms with Gasteiger partial charge >= 0.3 is 0 Å². The zero-order valence-electron chi connectivity index (χ0n) is 7.96. The molecule has 0 spiro atoms. The van der Waals surface area contributed by atoms with Gasteiger partial charge in [0.15, 0.2) is 0 Å². The van der Waals surface area contributed by atoms with Crippen molar-refractivity contribution >= 4 is 15.9 Å². The molecule has 0 radical (unpaired) electrons. The van der Waals surface area contributed by atoms with Crippen LogP contribution in [-0.2, 0) is 14.8 Å². The summed E-state index contributed by atoms with van der Waals surface area (Å²) in [7, 11) is -3.06. The SMILES string of the molecule is CC(=O)NCCCCNS(C)(=O)=O. The zero-order chi connectivity index (χ0) is 10.3. The Morgan fingerprint density at radius 1 is 1.23 bits per heavy atom. The lowest BCUT2D eigenvalue weighted by atomic mass is 10.3. The molecule has 0 heterocycles. The second-order valence-electron chi connectivity index (χ2n) is 2.86. The first-order valence-electron chi connectivity index (χ1n) is 4.11. The molecule has 6 heteroatoms. The van der Waals surface area contributed by atoms with Crippen LogP contribution in [-0.4, -0.2) is 33.7 Å². The smallest absolute Gasteiger partial charge is 0.216 e. The van der Waals surface area contributed by atoms with Gasteiger partial charge in [-0.2, -0.15) is 0 Å². The first-order valence-corrected chi connectivity index (χ1v) is 6.00. The van der Waals surface area contributed by atoms with Crippen molar-refractivity contribution in [1.29, 1.82) is 0 Å². The second-order valence-corrected chi connectivity index (χ2v) is 4.69. The standard InChI is InChI=1S/C7H16N2O3S/c1-7(10)8-5-3-4-6-9-13(2,11)12/h9H,3-6H2,1-2H3,(H,8,10). The van der Waals surface area contributed by atoms with Crippen LogP contribution < -0.4 is 10.0 Å². The van der Waals surface area contributed by atoms with E-state index in [-0.39, 0.29) is 5.91 Å². The fourth-order valence-electron chi connectivity index (χ4n) is 0.772. The van der Waals surface area contributed by atoms with E-state index < -0.39 is 10.0 Å². The van der Waals surface area contributed by atoms with Gasteiger partial charge in [-0.1, -0.05) is 0 Å². The molecule has 13 heavy (non-hydrogen) atoms. The summed E-state index contributed by atoms with van der Waals surface area (Å²) in [5.74, 6) is -0.0592. The van der Waals surface area contributed by atoms with Crippen molar-refractivity contribution in [2.24, 2.45) is 0 Å². The summed E-state index contributed by atoms with van der Waals surface area (Å²) in [6.45, 7) is 2.48. The Balaban J connectivity index is 3.23. The molecule has 0 rings (SSSR count). The maximum absolute atomic E-state index is 10.6. The van der Waals surface area contributed by atoms with Crippen molar-refractivity contribution in [3.63, 3.8) is 0 Å². The highest BCUT2D eigenvalue weighted by Crippen LogP contribution is 1.85. The largest absolute Gasteiger partial charge is 0.356 e. The Bertz CT molecular complexity index is 248. The normalized spacial score (nSPS) is 11.2. The predicted molar refractivity (Wildman–Crippen MR) is 50.8 cm³/mol. The predicted octanol–water partition coefficient (Wildman–Crippen LogP) is -0.548. The van der Waals surface area contributed by atoms with Crippen LogP contribution in [0.1, 0.15) is 19.8 Å². The highest BCUT2D eigenvalue weighted by Gasteiger charge is 1.98. The van der Waals surface area contributed by atoms with Gasteiger partial charge in [-0.05, 0) is 12.8 Å². The monoisotopic (exact) mass is 208 g/mol. The van der Waals surface area contributed by atoms with Crippen LogP contribution in [0.5, 0.6) is 0 Å². The van der Waals surface area contributed by atoms with Gasteiger partial charge in [0, 0.05) is 20.0 Å². The molecule has 0 bridgehead atoms. The number of hydrogen-bond acceptors (Lipinski definition) is 3. The lowest BCUT2D eigenvalue weighted by Crippen LogP contribution is -2.25. The molecule has 0 unspecified atom stereocenters. The number of rotatable bonds is 6. The van der Waals surface area contributed by atoms with Crippen molar-refractivity contribution in [1.82, 2.24) is 10.0 Å². The summed E-state index contributed by atoms with van der Waals surface area (Å²) in [6.07, 6.45) is 2.64. The third-order valence-corrected chi connectivity index (χ3v) is 2.07. The van der Waals surface area contributed by atoms with Gasteiger partial charge in [0.1, 0.15) is 0 Å². The molecule has 78 valence electrons. The van der Waals surface area contributed by atoms with E-state index in [2.05, 4.69) is 10.0 Å². The molecule has 0 aliphatic carbocycles. The molecule has 2 N–H and O–H groups in total. The van der Waals surface area contributed by atoms with Crippen molar-refractivity contribution in [3.8, 4) is 0 Å². The fourth-order valence-corrected chi connectivity index (χ4v) is 1.29. The molecule has 0 aromatic heterocycles. The molecular weight excluding hydrogens is 192 g/mol. The Kier molecular flexibility index (Phi) is 5.65. The van der Waals surface area contributed by atoms with Crippen LogP contribution in [0.4, 0.5) is 0 Å². The second kappa shape index (κ2) is 5.93. The van der Waals surface area contributed by atoms with Crippen LogP contribution in [0, 0.1) is 0 Å². The number of carbonyl (C=O) groups is 1. The molecule has 0 atom stereocenters. The maximum Gasteiger partial charge on any atom is 0.216 e. The first kappa shape index (κ1) is 12.4. The van der Waals surface area contributed by atoms with Gasteiger partial charge in [-0.25, -0.2) is 13.1 Å². The summed E-state index contributed by atoms with van der Waals surface area (Å²) in [5.41, 5.74) is 0. The molecule has 5 nitrogen and oxygen atoms in total. The average Bonchev–Trinajstić information content (AvgIpc) is 1.93. The van der Waals surface area contributed by atoms with E-state index >= 15 is 0 Å². The summed E-state index contributed by atoms with van der Waals surface area (Å²) >= 11 is 0. The number of carbonyl (C=O) groups excluding carboxylic acids is 1. The molecule has 1 amide bonds. The van der Waals surface area contributed by atoms with Gasteiger partial charge < -0.3 is 5.32 Å². The average molecular weight is 208 g/mol. The van der Waals surface area contributed by atoms with Crippen molar-refractivity contribution in [2.45, 2.75) is 19.8 Å². The Morgan fingerprint density at radius 3 is 2.23 bits per heavy atom. The van der Waals surface area contributed by atoms with Gasteiger partial charge in [0.2, 0.25) is 15.9 Å². The van der Waals surface area contributed by atoms with E-state index in [1.807, 2.05) is 0 Å². The molecular formula is C7H16N2O3S. The van der Waals surface area contributed by atoms with Gasteiger partial charge in [-0.3, -0.25) is 4.79 Å². The minimum absolute atomic E-state index is 0.0592. The van der Waals surface area contributed by atoms with E-state index in [1.165, 1.54) is 6.92 Å². The molecule has 0 saturated carbocycles. The number of sulfonamides is 1. The molecule has 0 aromatic rings. The quantitative estimate of drug-likeness (QED) is 0.575. The van der Waals surface area contributed by atoms with Crippen LogP contribution in [0.15, 0.2) is 0 Å². The highest BCUT2D eigenvalue weighted by atomic mass is 32.2. The Morgan fingerprint density at radius 2 is 1.77 bits per heavy atom. The van der Waals surface area contributed by atoms with Crippen LogP contribution in [0.25, 0.3) is 0 Å². The summed E-state index contributed by atoms with van der Waals surface area (Å²) in [5, 5.41) is 2.63. The third-order valence-electron chi connectivity index (χ3n) is 1.34. The summed E-state index contributed by atoms with van der Waals surface area (Å²) < 4.78 is 23.6. The topological polar surface area (TPSA) is 75.3 Å². The van der Waals surface area contributed by atoms with E-state index in [9.17, 15) is 13.2 Å². The third kappa shape index (κ3) is 11.4. The van der Waals surface area contributed by atoms with E-state index in [4.69, 9.17) is 0 Å². The minimum atomic E-state index is -3.06. The van der Waals surface area contributed by atoms with E-state index in [1.54, 1.807) is 0 Å². The summed E-state index contributed by atoms with van der Waals surface area (Å²) in [6, 6.07) is 0. The van der Waals surface area contributed by atoms with Gasteiger partial charge in [0.05, 0.1) is 6.26 Å². The molecule has 0 fully saturated rings. The zero-order valence-corrected chi connectivity index (χ0v) is 8.78. The van der Waals surface area contributed by atoms with Crippen LogP contribution in [0.3, 0.4) is 0 Å².